The van der Waals surface area contributed by atoms with Gasteiger partial charge in [0.2, 0.25) is 0 Å². The number of carbonyl (C=O) groups excluding carboxylic acids is 1. The Morgan fingerprint density at radius 2 is 2.00 bits per heavy atom. The minimum atomic E-state index is -0.975. The fourth-order valence-corrected chi connectivity index (χ4v) is 2.79. The van der Waals surface area contributed by atoms with Crippen LogP contribution in [0.2, 0.25) is 0 Å². The van der Waals surface area contributed by atoms with Gasteiger partial charge in [0.05, 0.1) is 0 Å². The monoisotopic (exact) mass is 272 g/mol. The van der Waals surface area contributed by atoms with Crippen molar-refractivity contribution in [3.05, 3.63) is 48.0 Å². The SMILES string of the molecule is CC/C=C\CC(C(=O)C(O)c1ccccc1)C1CCC1. The lowest BCUT2D eigenvalue weighted by atomic mass is 9.71. The van der Waals surface area contributed by atoms with Crippen LogP contribution in [-0.2, 0) is 4.79 Å². The van der Waals surface area contributed by atoms with E-state index in [4.69, 9.17) is 0 Å². The highest BCUT2D eigenvalue weighted by Crippen LogP contribution is 2.38. The number of ketones is 1. The van der Waals surface area contributed by atoms with Gasteiger partial charge in [-0.25, -0.2) is 0 Å². The molecule has 2 nitrogen and oxygen atoms in total. The third-order valence-electron chi connectivity index (χ3n) is 4.26. The van der Waals surface area contributed by atoms with Gasteiger partial charge in [-0.05, 0) is 37.2 Å². The molecule has 0 amide bonds. The van der Waals surface area contributed by atoms with Gasteiger partial charge in [-0.1, -0.05) is 55.8 Å². The van der Waals surface area contributed by atoms with Crippen LogP contribution < -0.4 is 0 Å². The number of carbonyl (C=O) groups is 1. The van der Waals surface area contributed by atoms with Crippen molar-refractivity contribution < 1.29 is 9.90 Å². The van der Waals surface area contributed by atoms with Gasteiger partial charge in [0, 0.05) is 5.92 Å². The molecular weight excluding hydrogens is 248 g/mol. The van der Waals surface area contributed by atoms with Crippen molar-refractivity contribution >= 4 is 5.78 Å². The van der Waals surface area contributed by atoms with Gasteiger partial charge >= 0.3 is 0 Å². The predicted octanol–water partition coefficient (Wildman–Crippen LogP) is 4.06. The molecule has 2 atom stereocenters. The third-order valence-corrected chi connectivity index (χ3v) is 4.26. The van der Waals surface area contributed by atoms with Crippen molar-refractivity contribution in [2.75, 3.05) is 0 Å². The molecule has 0 aliphatic heterocycles. The molecule has 2 heteroatoms. The largest absolute Gasteiger partial charge is 0.381 e. The maximum absolute atomic E-state index is 12.6. The highest BCUT2D eigenvalue weighted by atomic mass is 16.3. The first-order valence-electron chi connectivity index (χ1n) is 7.65. The van der Waals surface area contributed by atoms with E-state index in [1.165, 1.54) is 6.42 Å². The molecule has 2 unspecified atom stereocenters. The van der Waals surface area contributed by atoms with Crippen LogP contribution in [0.5, 0.6) is 0 Å². The van der Waals surface area contributed by atoms with E-state index in [2.05, 4.69) is 19.1 Å². The summed E-state index contributed by atoms with van der Waals surface area (Å²) in [5, 5.41) is 10.3. The van der Waals surface area contributed by atoms with E-state index in [-0.39, 0.29) is 11.7 Å². The van der Waals surface area contributed by atoms with Crippen LogP contribution in [0.4, 0.5) is 0 Å². The number of Topliss-reactive ketones (excluding diaryl/α,β-unsaturated/α-hetero) is 1. The molecule has 1 aliphatic rings. The van der Waals surface area contributed by atoms with Crippen LogP contribution in [0.15, 0.2) is 42.5 Å². The Bertz CT molecular complexity index is 446. The number of allylic oxidation sites excluding steroid dienone is 2. The first-order valence-corrected chi connectivity index (χ1v) is 7.65. The number of aliphatic hydroxyl groups excluding tert-OH is 1. The fourth-order valence-electron chi connectivity index (χ4n) is 2.79. The second kappa shape index (κ2) is 7.39. The molecule has 1 aliphatic carbocycles. The zero-order valence-corrected chi connectivity index (χ0v) is 12.2. The molecule has 0 bridgehead atoms. The van der Waals surface area contributed by atoms with Crippen molar-refractivity contribution in [1.29, 1.82) is 0 Å². The number of benzene rings is 1. The first-order chi connectivity index (χ1) is 9.74. The van der Waals surface area contributed by atoms with E-state index in [0.29, 0.717) is 11.5 Å². The van der Waals surface area contributed by atoms with E-state index < -0.39 is 6.10 Å². The lowest BCUT2D eigenvalue weighted by molar-refractivity contribution is -0.134. The van der Waals surface area contributed by atoms with Gasteiger partial charge in [-0.3, -0.25) is 4.79 Å². The van der Waals surface area contributed by atoms with Crippen LogP contribution in [0.1, 0.15) is 50.7 Å². The van der Waals surface area contributed by atoms with Crippen LogP contribution in [-0.4, -0.2) is 10.9 Å². The second-order valence-electron chi connectivity index (χ2n) is 5.63. The summed E-state index contributed by atoms with van der Waals surface area (Å²) in [7, 11) is 0. The average Bonchev–Trinajstić information content (AvgIpc) is 2.44. The van der Waals surface area contributed by atoms with Gasteiger partial charge in [0.15, 0.2) is 5.78 Å². The Morgan fingerprint density at radius 3 is 2.55 bits per heavy atom. The number of rotatable bonds is 7. The molecular formula is C18H24O2. The molecule has 20 heavy (non-hydrogen) atoms. The Hall–Kier alpha value is -1.41. The summed E-state index contributed by atoms with van der Waals surface area (Å²) < 4.78 is 0. The summed E-state index contributed by atoms with van der Waals surface area (Å²) in [5.74, 6) is 0.422. The zero-order valence-electron chi connectivity index (χ0n) is 12.2. The van der Waals surface area contributed by atoms with Crippen LogP contribution >= 0.6 is 0 Å². The predicted molar refractivity (Wildman–Crippen MR) is 81.3 cm³/mol. The minimum absolute atomic E-state index is 0.0124. The highest BCUT2D eigenvalue weighted by molar-refractivity contribution is 5.86. The molecule has 108 valence electrons. The topological polar surface area (TPSA) is 37.3 Å². The summed E-state index contributed by atoms with van der Waals surface area (Å²) in [6.07, 6.45) is 8.45. The van der Waals surface area contributed by atoms with Crippen LogP contribution in [0, 0.1) is 11.8 Å². The fraction of sp³-hybridized carbons (Fsp3) is 0.500. The summed E-state index contributed by atoms with van der Waals surface area (Å²) in [4.78, 5) is 12.6. The van der Waals surface area contributed by atoms with Gasteiger partial charge in [0.25, 0.3) is 0 Å². The summed E-state index contributed by atoms with van der Waals surface area (Å²) in [6, 6.07) is 9.26. The molecule has 1 aromatic carbocycles. The molecule has 0 heterocycles. The van der Waals surface area contributed by atoms with Crippen molar-refractivity contribution in [1.82, 2.24) is 0 Å². The molecule has 0 spiro atoms. The van der Waals surface area contributed by atoms with Crippen LogP contribution in [0.3, 0.4) is 0 Å². The number of hydrogen-bond acceptors (Lipinski definition) is 2. The molecule has 1 aromatic rings. The Kier molecular flexibility index (Phi) is 5.54. The van der Waals surface area contributed by atoms with Gasteiger partial charge < -0.3 is 5.11 Å². The normalized spacial score (nSPS) is 18.7. The quantitative estimate of drug-likeness (QED) is 0.760. The zero-order chi connectivity index (χ0) is 14.4. The molecule has 1 saturated carbocycles. The molecule has 1 N–H and O–H groups in total. The van der Waals surface area contributed by atoms with E-state index in [1.807, 2.05) is 30.3 Å². The standard InChI is InChI=1S/C18H24O2/c1-2-3-5-13-16(14-11-8-12-14)18(20)17(19)15-9-6-4-7-10-15/h3-7,9-10,14,16-17,19H,2,8,11-13H2,1H3/b5-3-. The minimum Gasteiger partial charge on any atom is -0.381 e. The summed E-state index contributed by atoms with van der Waals surface area (Å²) >= 11 is 0. The van der Waals surface area contributed by atoms with Crippen molar-refractivity contribution in [2.24, 2.45) is 11.8 Å². The van der Waals surface area contributed by atoms with Crippen molar-refractivity contribution in [2.45, 2.75) is 45.1 Å². The van der Waals surface area contributed by atoms with Gasteiger partial charge in [-0.15, -0.1) is 0 Å². The van der Waals surface area contributed by atoms with Gasteiger partial charge in [-0.2, -0.15) is 0 Å². The molecule has 0 saturated heterocycles. The summed E-state index contributed by atoms with van der Waals surface area (Å²) in [5.41, 5.74) is 0.710. The van der Waals surface area contributed by atoms with E-state index in [0.717, 1.165) is 25.7 Å². The number of hydrogen-bond donors (Lipinski definition) is 1. The Labute approximate surface area is 121 Å². The smallest absolute Gasteiger partial charge is 0.169 e. The first kappa shape index (κ1) is 15.0. The number of aliphatic hydroxyl groups is 1. The molecule has 0 radical (unpaired) electrons. The molecule has 2 rings (SSSR count). The maximum atomic E-state index is 12.6. The maximum Gasteiger partial charge on any atom is 0.169 e. The van der Waals surface area contributed by atoms with E-state index >= 15 is 0 Å². The Morgan fingerprint density at radius 1 is 1.30 bits per heavy atom. The van der Waals surface area contributed by atoms with Crippen molar-refractivity contribution in [3.8, 4) is 0 Å². The molecule has 1 fully saturated rings. The highest BCUT2D eigenvalue weighted by Gasteiger charge is 2.35. The van der Waals surface area contributed by atoms with Crippen molar-refractivity contribution in [3.63, 3.8) is 0 Å². The summed E-state index contributed by atoms with van der Waals surface area (Å²) in [6.45, 7) is 2.09. The van der Waals surface area contributed by atoms with E-state index in [9.17, 15) is 9.90 Å². The lowest BCUT2D eigenvalue weighted by Gasteiger charge is -2.33. The lowest BCUT2D eigenvalue weighted by Crippen LogP contribution is -2.32. The second-order valence-corrected chi connectivity index (χ2v) is 5.63. The van der Waals surface area contributed by atoms with Gasteiger partial charge in [0.1, 0.15) is 6.10 Å². The van der Waals surface area contributed by atoms with E-state index in [1.54, 1.807) is 0 Å². The molecule has 0 aromatic heterocycles. The Balaban J connectivity index is 2.07. The third kappa shape index (κ3) is 3.57. The average molecular weight is 272 g/mol. The van der Waals surface area contributed by atoms with Crippen LogP contribution in [0.25, 0.3) is 0 Å².